The largest absolute Gasteiger partial charge is 0.339 e. The van der Waals surface area contributed by atoms with Crippen LogP contribution in [0.3, 0.4) is 0 Å². The van der Waals surface area contributed by atoms with Crippen molar-refractivity contribution in [2.75, 3.05) is 18.4 Å². The number of rotatable bonds is 4. The molecule has 1 N–H and O–H groups in total. The highest BCUT2D eigenvalue weighted by atomic mass is 16.2. The molecule has 1 amide bonds. The molecule has 0 atom stereocenters. The predicted octanol–water partition coefficient (Wildman–Crippen LogP) is 3.89. The molecule has 3 rings (SSSR count). The van der Waals surface area contributed by atoms with Gasteiger partial charge in [0.25, 0.3) is 5.91 Å². The second-order valence-electron chi connectivity index (χ2n) is 6.61. The van der Waals surface area contributed by atoms with Crippen molar-refractivity contribution in [3.05, 3.63) is 47.3 Å². The first-order valence-electron chi connectivity index (χ1n) is 8.54. The maximum Gasteiger partial charge on any atom is 0.256 e. The van der Waals surface area contributed by atoms with E-state index < -0.39 is 0 Å². The molecule has 1 aliphatic heterocycles. The maximum absolute atomic E-state index is 12.3. The fraction of sp³-hybridized carbons (Fsp3) is 0.421. The van der Waals surface area contributed by atoms with Crippen LogP contribution in [0.1, 0.15) is 54.1 Å². The highest BCUT2D eigenvalue weighted by Crippen LogP contribution is 2.29. The molecule has 0 aliphatic carbocycles. The third-order valence-electron chi connectivity index (χ3n) is 4.46. The van der Waals surface area contributed by atoms with Gasteiger partial charge in [0.2, 0.25) is 5.95 Å². The van der Waals surface area contributed by atoms with E-state index in [0.29, 0.717) is 17.4 Å². The molecule has 0 radical (unpaired) electrons. The van der Waals surface area contributed by atoms with Crippen molar-refractivity contribution in [3.63, 3.8) is 0 Å². The van der Waals surface area contributed by atoms with Crippen molar-refractivity contribution in [3.8, 4) is 0 Å². The second-order valence-corrected chi connectivity index (χ2v) is 6.61. The summed E-state index contributed by atoms with van der Waals surface area (Å²) in [5.74, 6) is 0.949. The average molecular weight is 324 g/mol. The Balaban J connectivity index is 1.79. The van der Waals surface area contributed by atoms with Crippen LogP contribution < -0.4 is 5.32 Å². The SMILES string of the molecule is Cc1cccc(C(C)C)c1Nc1ncc(C(=O)N2CCCC2)cn1. The van der Waals surface area contributed by atoms with Crippen molar-refractivity contribution in [1.82, 2.24) is 14.9 Å². The van der Waals surface area contributed by atoms with Gasteiger partial charge in [-0.15, -0.1) is 0 Å². The standard InChI is InChI=1S/C19H24N4O/c1-13(2)16-8-6-7-14(3)17(16)22-19-20-11-15(12-21-19)18(24)23-9-4-5-10-23/h6-8,11-13H,4-5,9-10H2,1-3H3,(H,20,21,22). The van der Waals surface area contributed by atoms with E-state index in [2.05, 4.69) is 54.3 Å². The summed E-state index contributed by atoms with van der Waals surface area (Å²) in [5.41, 5.74) is 3.99. The zero-order valence-electron chi connectivity index (χ0n) is 14.5. The van der Waals surface area contributed by atoms with Gasteiger partial charge in [0.15, 0.2) is 0 Å². The fourth-order valence-corrected chi connectivity index (χ4v) is 3.06. The number of nitrogens with zero attached hydrogens (tertiary/aromatic N) is 3. The highest BCUT2D eigenvalue weighted by molar-refractivity contribution is 5.93. The number of benzene rings is 1. The molecule has 1 saturated heterocycles. The van der Waals surface area contributed by atoms with Crippen LogP contribution in [0.25, 0.3) is 0 Å². The molecular formula is C19H24N4O. The molecule has 5 nitrogen and oxygen atoms in total. The van der Waals surface area contributed by atoms with Gasteiger partial charge in [-0.25, -0.2) is 9.97 Å². The first-order valence-corrected chi connectivity index (χ1v) is 8.54. The number of anilines is 2. The molecule has 2 heterocycles. The Hall–Kier alpha value is -2.43. The van der Waals surface area contributed by atoms with E-state index >= 15 is 0 Å². The lowest BCUT2D eigenvalue weighted by atomic mass is 9.98. The molecule has 2 aromatic rings. The number of para-hydroxylation sites is 1. The number of nitrogens with one attached hydrogen (secondary N) is 1. The van der Waals surface area contributed by atoms with Gasteiger partial charge in [-0.1, -0.05) is 32.0 Å². The quantitative estimate of drug-likeness (QED) is 0.927. The molecule has 126 valence electrons. The summed E-state index contributed by atoms with van der Waals surface area (Å²) >= 11 is 0. The van der Waals surface area contributed by atoms with E-state index in [1.807, 2.05) is 4.90 Å². The Morgan fingerprint density at radius 3 is 2.46 bits per heavy atom. The third-order valence-corrected chi connectivity index (χ3v) is 4.46. The van der Waals surface area contributed by atoms with Crippen molar-refractivity contribution < 1.29 is 4.79 Å². The van der Waals surface area contributed by atoms with Crippen molar-refractivity contribution in [2.24, 2.45) is 0 Å². The fourth-order valence-electron chi connectivity index (χ4n) is 3.06. The molecular weight excluding hydrogens is 300 g/mol. The summed E-state index contributed by atoms with van der Waals surface area (Å²) in [7, 11) is 0. The monoisotopic (exact) mass is 324 g/mol. The highest BCUT2D eigenvalue weighted by Gasteiger charge is 2.20. The summed E-state index contributed by atoms with van der Waals surface area (Å²) in [6, 6.07) is 6.25. The van der Waals surface area contributed by atoms with Crippen LogP contribution in [0.5, 0.6) is 0 Å². The van der Waals surface area contributed by atoms with Gasteiger partial charge in [-0.2, -0.15) is 0 Å². The van der Waals surface area contributed by atoms with Gasteiger partial charge in [-0.3, -0.25) is 4.79 Å². The first kappa shape index (κ1) is 16.4. The maximum atomic E-state index is 12.3. The Bertz CT molecular complexity index is 719. The van der Waals surface area contributed by atoms with Gasteiger partial charge in [0, 0.05) is 31.2 Å². The molecule has 0 unspecified atom stereocenters. The molecule has 5 heteroatoms. The zero-order chi connectivity index (χ0) is 17.1. The van der Waals surface area contributed by atoms with E-state index in [4.69, 9.17) is 0 Å². The van der Waals surface area contributed by atoms with Crippen LogP contribution in [0.4, 0.5) is 11.6 Å². The van der Waals surface area contributed by atoms with Gasteiger partial charge >= 0.3 is 0 Å². The van der Waals surface area contributed by atoms with E-state index in [1.54, 1.807) is 12.4 Å². The van der Waals surface area contributed by atoms with Crippen LogP contribution in [0.15, 0.2) is 30.6 Å². The van der Waals surface area contributed by atoms with Crippen LogP contribution >= 0.6 is 0 Å². The molecule has 1 aromatic carbocycles. The van der Waals surface area contributed by atoms with Crippen LogP contribution in [0.2, 0.25) is 0 Å². The summed E-state index contributed by atoms with van der Waals surface area (Å²) in [6.45, 7) is 8.07. The molecule has 1 aromatic heterocycles. The lowest BCUT2D eigenvalue weighted by molar-refractivity contribution is 0.0792. The van der Waals surface area contributed by atoms with Crippen LogP contribution in [-0.2, 0) is 0 Å². The summed E-state index contributed by atoms with van der Waals surface area (Å²) in [5, 5.41) is 3.31. The number of hydrogen-bond donors (Lipinski definition) is 1. The number of carbonyl (C=O) groups excluding carboxylic acids is 1. The topological polar surface area (TPSA) is 58.1 Å². The summed E-state index contributed by atoms with van der Waals surface area (Å²) < 4.78 is 0. The average Bonchev–Trinajstić information content (AvgIpc) is 3.11. The lowest BCUT2D eigenvalue weighted by Gasteiger charge is -2.17. The Labute approximate surface area is 143 Å². The number of likely N-dealkylation sites (tertiary alicyclic amines) is 1. The summed E-state index contributed by atoms with van der Waals surface area (Å²) in [4.78, 5) is 22.9. The number of aryl methyl sites for hydroxylation is 1. The minimum atomic E-state index is 0.0258. The smallest absolute Gasteiger partial charge is 0.256 e. The first-order chi connectivity index (χ1) is 11.6. The van der Waals surface area contributed by atoms with Crippen molar-refractivity contribution in [2.45, 2.75) is 39.5 Å². The minimum Gasteiger partial charge on any atom is -0.339 e. The Kier molecular flexibility index (Phi) is 4.79. The molecule has 0 spiro atoms. The zero-order valence-corrected chi connectivity index (χ0v) is 14.5. The normalized spacial score (nSPS) is 14.2. The van der Waals surface area contributed by atoms with E-state index in [1.165, 1.54) is 5.56 Å². The molecule has 0 bridgehead atoms. The van der Waals surface area contributed by atoms with Gasteiger partial charge < -0.3 is 10.2 Å². The third kappa shape index (κ3) is 3.40. The molecule has 1 aliphatic rings. The van der Waals surface area contributed by atoms with Crippen LogP contribution in [0, 0.1) is 6.92 Å². The summed E-state index contributed by atoms with van der Waals surface area (Å²) in [6.07, 6.45) is 5.39. The number of hydrogen-bond acceptors (Lipinski definition) is 4. The van der Waals surface area contributed by atoms with Crippen molar-refractivity contribution >= 4 is 17.5 Å². The van der Waals surface area contributed by atoms with Crippen LogP contribution in [-0.4, -0.2) is 33.9 Å². The van der Waals surface area contributed by atoms with Gasteiger partial charge in [0.05, 0.1) is 5.56 Å². The minimum absolute atomic E-state index is 0.0258. The number of aromatic nitrogens is 2. The van der Waals surface area contributed by atoms with Gasteiger partial charge in [-0.05, 0) is 36.8 Å². The lowest BCUT2D eigenvalue weighted by Crippen LogP contribution is -2.27. The van der Waals surface area contributed by atoms with E-state index in [9.17, 15) is 4.79 Å². The second kappa shape index (κ2) is 6.99. The predicted molar refractivity (Wildman–Crippen MR) is 95.7 cm³/mol. The Morgan fingerprint density at radius 1 is 1.17 bits per heavy atom. The number of amides is 1. The van der Waals surface area contributed by atoms with E-state index in [-0.39, 0.29) is 5.91 Å². The molecule has 1 fully saturated rings. The Morgan fingerprint density at radius 2 is 1.83 bits per heavy atom. The van der Waals surface area contributed by atoms with E-state index in [0.717, 1.165) is 37.2 Å². The van der Waals surface area contributed by atoms with Gasteiger partial charge in [0.1, 0.15) is 0 Å². The number of carbonyl (C=O) groups is 1. The molecule has 24 heavy (non-hydrogen) atoms. The van der Waals surface area contributed by atoms with Crippen molar-refractivity contribution in [1.29, 1.82) is 0 Å². The molecule has 0 saturated carbocycles.